The molecule has 0 radical (unpaired) electrons. The zero-order valence-electron chi connectivity index (χ0n) is 14.2. The molecule has 1 amide bonds. The lowest BCUT2D eigenvalue weighted by Gasteiger charge is -2.29. The van der Waals surface area contributed by atoms with Gasteiger partial charge in [0, 0.05) is 25.2 Å². The molecule has 2 heterocycles. The van der Waals surface area contributed by atoms with Gasteiger partial charge in [-0.3, -0.25) is 4.79 Å². The van der Waals surface area contributed by atoms with Crippen LogP contribution in [0.25, 0.3) is 5.57 Å². The van der Waals surface area contributed by atoms with Crippen molar-refractivity contribution < 1.29 is 9.53 Å². The van der Waals surface area contributed by atoms with Crippen molar-refractivity contribution in [2.45, 2.75) is 6.54 Å². The van der Waals surface area contributed by atoms with Crippen molar-refractivity contribution in [3.63, 3.8) is 0 Å². The summed E-state index contributed by atoms with van der Waals surface area (Å²) in [5.74, 6) is 0.123. The molecule has 7 nitrogen and oxygen atoms in total. The van der Waals surface area contributed by atoms with Crippen molar-refractivity contribution in [1.82, 2.24) is 9.97 Å². The standard InChI is InChI=1S/C18H20ClN5O2/c1-12(16(20)25)14-4-2-3-13(9-14)10-21-17-15(11-22-18(19)23-17)24-5-7-26-8-6-24/h2-4,9,11H,1,5-8,10H2,(H2,20,25)(H,21,22,23). The second-order valence-electron chi connectivity index (χ2n) is 5.87. The van der Waals surface area contributed by atoms with Gasteiger partial charge in [0.1, 0.15) is 0 Å². The summed E-state index contributed by atoms with van der Waals surface area (Å²) in [6.07, 6.45) is 1.72. The lowest BCUT2D eigenvalue weighted by molar-refractivity contribution is -0.112. The van der Waals surface area contributed by atoms with Crippen LogP contribution < -0.4 is 16.0 Å². The van der Waals surface area contributed by atoms with Gasteiger partial charge in [0.25, 0.3) is 0 Å². The molecule has 0 unspecified atom stereocenters. The third-order valence-electron chi connectivity index (χ3n) is 4.12. The molecule has 1 aromatic heterocycles. The molecule has 0 aliphatic carbocycles. The smallest absolute Gasteiger partial charge is 0.248 e. The molecule has 0 spiro atoms. The Balaban J connectivity index is 1.77. The minimum atomic E-state index is -0.535. The SMILES string of the molecule is C=C(C(N)=O)c1cccc(CNc2nc(Cl)ncc2N2CCOCC2)c1. The maximum absolute atomic E-state index is 11.3. The molecule has 0 bridgehead atoms. The van der Waals surface area contributed by atoms with Crippen LogP contribution in [-0.2, 0) is 16.1 Å². The highest BCUT2D eigenvalue weighted by molar-refractivity contribution is 6.28. The van der Waals surface area contributed by atoms with E-state index in [9.17, 15) is 4.79 Å². The Morgan fingerprint density at radius 1 is 1.38 bits per heavy atom. The van der Waals surface area contributed by atoms with Crippen LogP contribution in [0.3, 0.4) is 0 Å². The number of nitrogens with one attached hydrogen (secondary N) is 1. The van der Waals surface area contributed by atoms with Crippen LogP contribution in [0.2, 0.25) is 5.28 Å². The number of anilines is 2. The van der Waals surface area contributed by atoms with E-state index < -0.39 is 5.91 Å². The van der Waals surface area contributed by atoms with E-state index in [0.717, 1.165) is 24.3 Å². The summed E-state index contributed by atoms with van der Waals surface area (Å²) >= 11 is 5.97. The van der Waals surface area contributed by atoms with Crippen molar-refractivity contribution in [2.24, 2.45) is 5.73 Å². The molecular formula is C18H20ClN5O2. The first-order chi connectivity index (χ1) is 12.5. The Morgan fingerprint density at radius 3 is 2.88 bits per heavy atom. The van der Waals surface area contributed by atoms with Gasteiger partial charge in [-0.2, -0.15) is 4.98 Å². The van der Waals surface area contributed by atoms with Crippen molar-refractivity contribution in [1.29, 1.82) is 0 Å². The van der Waals surface area contributed by atoms with Gasteiger partial charge >= 0.3 is 0 Å². The Labute approximate surface area is 156 Å². The zero-order valence-corrected chi connectivity index (χ0v) is 15.0. The summed E-state index contributed by atoms with van der Waals surface area (Å²) in [6, 6.07) is 7.48. The molecule has 1 fully saturated rings. The average Bonchev–Trinajstić information content (AvgIpc) is 2.66. The van der Waals surface area contributed by atoms with E-state index >= 15 is 0 Å². The molecule has 0 atom stereocenters. The fraction of sp³-hybridized carbons (Fsp3) is 0.278. The number of carbonyl (C=O) groups is 1. The number of carbonyl (C=O) groups excluding carboxylic acids is 1. The largest absolute Gasteiger partial charge is 0.378 e. The summed E-state index contributed by atoms with van der Waals surface area (Å²) < 4.78 is 5.39. The summed E-state index contributed by atoms with van der Waals surface area (Å²) in [4.78, 5) is 21.9. The first-order valence-corrected chi connectivity index (χ1v) is 8.59. The number of aromatic nitrogens is 2. The molecular weight excluding hydrogens is 354 g/mol. The van der Waals surface area contributed by atoms with Crippen LogP contribution in [0, 0.1) is 0 Å². The van der Waals surface area contributed by atoms with E-state index in [-0.39, 0.29) is 10.9 Å². The molecule has 0 saturated carbocycles. The number of morpholine rings is 1. The molecule has 26 heavy (non-hydrogen) atoms. The maximum Gasteiger partial charge on any atom is 0.248 e. The van der Waals surface area contributed by atoms with Crippen LogP contribution in [0.5, 0.6) is 0 Å². The third kappa shape index (κ3) is 4.30. The molecule has 1 saturated heterocycles. The summed E-state index contributed by atoms with van der Waals surface area (Å²) in [6.45, 7) is 7.10. The van der Waals surface area contributed by atoms with E-state index in [1.165, 1.54) is 0 Å². The van der Waals surface area contributed by atoms with E-state index in [2.05, 4.69) is 26.8 Å². The first-order valence-electron chi connectivity index (χ1n) is 8.21. The second kappa shape index (κ2) is 8.16. The van der Waals surface area contributed by atoms with E-state index in [4.69, 9.17) is 22.1 Å². The monoisotopic (exact) mass is 373 g/mol. The molecule has 2 aromatic rings. The average molecular weight is 374 g/mol. The Kier molecular flexibility index (Phi) is 5.70. The van der Waals surface area contributed by atoms with Gasteiger partial charge < -0.3 is 20.7 Å². The van der Waals surface area contributed by atoms with Crippen molar-refractivity contribution >= 4 is 34.6 Å². The summed E-state index contributed by atoms with van der Waals surface area (Å²) in [7, 11) is 0. The van der Waals surface area contributed by atoms with Gasteiger partial charge in [-0.05, 0) is 28.8 Å². The predicted molar refractivity (Wildman–Crippen MR) is 102 cm³/mol. The highest BCUT2D eigenvalue weighted by Gasteiger charge is 2.17. The molecule has 136 valence electrons. The van der Waals surface area contributed by atoms with Crippen LogP contribution in [0.1, 0.15) is 11.1 Å². The van der Waals surface area contributed by atoms with Gasteiger partial charge in [-0.15, -0.1) is 0 Å². The Morgan fingerprint density at radius 2 is 2.15 bits per heavy atom. The number of hydrogen-bond acceptors (Lipinski definition) is 6. The number of rotatable bonds is 6. The topological polar surface area (TPSA) is 93.4 Å². The number of nitrogens with two attached hydrogens (primary N) is 1. The normalized spacial score (nSPS) is 14.1. The van der Waals surface area contributed by atoms with Gasteiger partial charge in [-0.25, -0.2) is 4.98 Å². The van der Waals surface area contributed by atoms with Crippen molar-refractivity contribution in [3.05, 3.63) is 53.5 Å². The van der Waals surface area contributed by atoms with E-state index in [0.29, 0.717) is 31.1 Å². The fourth-order valence-corrected chi connectivity index (χ4v) is 2.85. The number of amides is 1. The third-order valence-corrected chi connectivity index (χ3v) is 4.31. The minimum absolute atomic E-state index is 0.181. The molecule has 1 aliphatic rings. The Hall–Kier alpha value is -2.64. The van der Waals surface area contributed by atoms with Crippen LogP contribution in [0.4, 0.5) is 11.5 Å². The van der Waals surface area contributed by atoms with Gasteiger partial charge in [0.05, 0.1) is 25.1 Å². The maximum atomic E-state index is 11.3. The first kappa shape index (κ1) is 18.2. The lowest BCUT2D eigenvalue weighted by atomic mass is 10.0. The lowest BCUT2D eigenvalue weighted by Crippen LogP contribution is -2.36. The van der Waals surface area contributed by atoms with Crippen molar-refractivity contribution in [2.75, 3.05) is 36.5 Å². The number of benzene rings is 1. The predicted octanol–water partition coefficient (Wildman–Crippen LogP) is 2.08. The van der Waals surface area contributed by atoms with Crippen LogP contribution in [0.15, 0.2) is 37.0 Å². The summed E-state index contributed by atoms with van der Waals surface area (Å²) in [5, 5.41) is 3.48. The molecule has 3 N–H and O–H groups in total. The number of ether oxygens (including phenoxy) is 1. The van der Waals surface area contributed by atoms with Crippen molar-refractivity contribution in [3.8, 4) is 0 Å². The molecule has 8 heteroatoms. The highest BCUT2D eigenvalue weighted by Crippen LogP contribution is 2.26. The molecule has 1 aliphatic heterocycles. The minimum Gasteiger partial charge on any atom is -0.378 e. The number of primary amides is 1. The van der Waals surface area contributed by atoms with E-state index in [1.807, 2.05) is 18.2 Å². The quantitative estimate of drug-likeness (QED) is 0.594. The summed E-state index contributed by atoms with van der Waals surface area (Å²) in [5.41, 5.74) is 8.13. The zero-order chi connectivity index (χ0) is 18.5. The fourth-order valence-electron chi connectivity index (χ4n) is 2.72. The van der Waals surface area contributed by atoms with Gasteiger partial charge in [0.2, 0.25) is 11.2 Å². The van der Waals surface area contributed by atoms with Gasteiger partial charge in [0.15, 0.2) is 5.82 Å². The second-order valence-corrected chi connectivity index (χ2v) is 6.21. The Bertz CT molecular complexity index is 821. The van der Waals surface area contributed by atoms with Crippen LogP contribution in [-0.4, -0.2) is 42.2 Å². The van der Waals surface area contributed by atoms with Gasteiger partial charge in [-0.1, -0.05) is 24.8 Å². The number of halogens is 1. The number of hydrogen-bond donors (Lipinski definition) is 2. The van der Waals surface area contributed by atoms with Crippen LogP contribution >= 0.6 is 11.6 Å². The molecule has 1 aromatic carbocycles. The van der Waals surface area contributed by atoms with E-state index in [1.54, 1.807) is 12.3 Å². The molecule has 3 rings (SSSR count). The number of nitrogens with zero attached hydrogens (tertiary/aromatic N) is 3. The highest BCUT2D eigenvalue weighted by atomic mass is 35.5.